The number of ether oxygens (including phenoxy) is 1. The molecule has 1 rings (SSSR count). The highest BCUT2D eigenvalue weighted by molar-refractivity contribution is 7.86. The third-order valence-electron chi connectivity index (χ3n) is 2.48. The van der Waals surface area contributed by atoms with Crippen molar-refractivity contribution < 1.29 is 17.9 Å². The smallest absolute Gasteiger partial charge is 0.306 e. The summed E-state index contributed by atoms with van der Waals surface area (Å²) in [6, 6.07) is 0. The van der Waals surface area contributed by atoms with E-state index in [0.29, 0.717) is 5.82 Å². The first-order valence-electron chi connectivity index (χ1n) is 5.46. The second kappa shape index (κ2) is 6.59. The van der Waals surface area contributed by atoms with Gasteiger partial charge in [-0.25, -0.2) is 4.98 Å². The van der Waals surface area contributed by atoms with E-state index in [1.54, 1.807) is 0 Å². The van der Waals surface area contributed by atoms with Gasteiger partial charge in [-0.05, 0) is 0 Å². The zero-order valence-electron chi connectivity index (χ0n) is 11.0. The zero-order chi connectivity index (χ0) is 14.5. The Bertz CT molecular complexity index is 501. The Morgan fingerprint density at radius 1 is 1.42 bits per heavy atom. The van der Waals surface area contributed by atoms with Gasteiger partial charge < -0.3 is 4.74 Å². The van der Waals surface area contributed by atoms with Crippen molar-refractivity contribution in [2.45, 2.75) is 13.0 Å². The number of nitrogens with one attached hydrogen (secondary N) is 1. The first kappa shape index (κ1) is 15.5. The lowest BCUT2D eigenvalue weighted by molar-refractivity contribution is -0.140. The summed E-state index contributed by atoms with van der Waals surface area (Å²) in [5, 5.41) is 6.22. The van der Waals surface area contributed by atoms with Crippen LogP contribution in [0.3, 0.4) is 0 Å². The summed E-state index contributed by atoms with van der Waals surface area (Å²) in [6.07, 6.45) is 1.30. The quantitative estimate of drug-likeness (QED) is 0.644. The first-order chi connectivity index (χ1) is 8.87. The maximum absolute atomic E-state index is 12.1. The molecule has 0 fully saturated rings. The number of aromatic nitrogens is 3. The highest BCUT2D eigenvalue weighted by Crippen LogP contribution is 2.07. The van der Waals surface area contributed by atoms with E-state index in [0.717, 1.165) is 8.61 Å². The normalized spacial score (nSPS) is 12.1. The van der Waals surface area contributed by atoms with Crippen LogP contribution in [0.25, 0.3) is 0 Å². The van der Waals surface area contributed by atoms with Crippen molar-refractivity contribution in [3.05, 3.63) is 12.2 Å². The molecule has 0 spiro atoms. The van der Waals surface area contributed by atoms with Gasteiger partial charge in [-0.15, -0.1) is 0 Å². The number of rotatable bonds is 7. The van der Waals surface area contributed by atoms with Crippen molar-refractivity contribution >= 4 is 16.2 Å². The summed E-state index contributed by atoms with van der Waals surface area (Å²) in [5.74, 6) is -0.0209. The fraction of sp³-hybridized carbons (Fsp3) is 0.667. The lowest BCUT2D eigenvalue weighted by Gasteiger charge is -2.23. The lowest BCUT2D eigenvalue weighted by Crippen LogP contribution is -2.40. The van der Waals surface area contributed by atoms with Crippen molar-refractivity contribution in [2.24, 2.45) is 0 Å². The van der Waals surface area contributed by atoms with Gasteiger partial charge in [0.2, 0.25) is 0 Å². The van der Waals surface area contributed by atoms with Gasteiger partial charge in [0.25, 0.3) is 10.2 Å². The van der Waals surface area contributed by atoms with Crippen molar-refractivity contribution in [1.29, 1.82) is 0 Å². The highest BCUT2D eigenvalue weighted by Gasteiger charge is 2.24. The fourth-order valence-corrected chi connectivity index (χ4v) is 2.39. The molecule has 0 aliphatic rings. The van der Waals surface area contributed by atoms with Crippen molar-refractivity contribution in [1.82, 2.24) is 23.8 Å². The summed E-state index contributed by atoms with van der Waals surface area (Å²) >= 11 is 0. The van der Waals surface area contributed by atoms with E-state index in [1.165, 1.54) is 27.5 Å². The minimum absolute atomic E-state index is 0.00236. The van der Waals surface area contributed by atoms with Gasteiger partial charge in [-0.1, -0.05) is 0 Å². The van der Waals surface area contributed by atoms with Crippen LogP contribution in [0.2, 0.25) is 0 Å². The van der Waals surface area contributed by atoms with E-state index in [4.69, 9.17) is 0 Å². The number of H-pyrrole nitrogens is 1. The molecule has 10 heteroatoms. The van der Waals surface area contributed by atoms with E-state index in [9.17, 15) is 13.2 Å². The molecule has 19 heavy (non-hydrogen) atoms. The highest BCUT2D eigenvalue weighted by atomic mass is 32.2. The molecule has 1 heterocycles. The number of carbonyl (C=O) groups excluding carboxylic acids is 1. The van der Waals surface area contributed by atoms with Crippen LogP contribution in [0.15, 0.2) is 6.33 Å². The Morgan fingerprint density at radius 2 is 2.11 bits per heavy atom. The van der Waals surface area contributed by atoms with Crippen LogP contribution >= 0.6 is 0 Å². The standard InChI is InChI=1S/C9H17N5O4S/c1-13(5-4-9(15)18-3)19(16,17)14(2)6-8-10-7-11-12-8/h7H,4-6H2,1-3H3,(H,10,11,12). The maximum Gasteiger partial charge on any atom is 0.306 e. The van der Waals surface area contributed by atoms with Gasteiger partial charge >= 0.3 is 5.97 Å². The van der Waals surface area contributed by atoms with Crippen LogP contribution < -0.4 is 0 Å². The van der Waals surface area contributed by atoms with Crippen LogP contribution in [-0.4, -0.2) is 65.9 Å². The molecule has 0 aliphatic heterocycles. The molecule has 1 aromatic heterocycles. The Balaban J connectivity index is 2.60. The molecule has 0 bridgehead atoms. The summed E-state index contributed by atoms with van der Waals surface area (Å²) in [5.41, 5.74) is 0. The minimum Gasteiger partial charge on any atom is -0.469 e. The molecular formula is C9H17N5O4S. The molecule has 0 aliphatic carbocycles. The number of hydrogen-bond acceptors (Lipinski definition) is 6. The number of hydrogen-bond donors (Lipinski definition) is 1. The fourth-order valence-electron chi connectivity index (χ4n) is 1.30. The van der Waals surface area contributed by atoms with Gasteiger partial charge in [0.1, 0.15) is 12.2 Å². The average molecular weight is 291 g/mol. The minimum atomic E-state index is -3.65. The molecule has 108 valence electrons. The van der Waals surface area contributed by atoms with E-state index in [-0.39, 0.29) is 19.5 Å². The summed E-state index contributed by atoms with van der Waals surface area (Å²) < 4.78 is 30.9. The molecule has 1 N–H and O–H groups in total. The molecule has 0 saturated heterocycles. The molecule has 1 aromatic rings. The third-order valence-corrected chi connectivity index (χ3v) is 4.37. The molecule has 0 saturated carbocycles. The summed E-state index contributed by atoms with van der Waals surface area (Å²) in [6.45, 7) is 0.126. The zero-order valence-corrected chi connectivity index (χ0v) is 11.8. The van der Waals surface area contributed by atoms with Gasteiger partial charge in [0.05, 0.1) is 20.1 Å². The summed E-state index contributed by atoms with van der Waals surface area (Å²) in [7, 11) is 0.430. The Hall–Kier alpha value is -1.52. The monoisotopic (exact) mass is 291 g/mol. The van der Waals surface area contributed by atoms with E-state index in [2.05, 4.69) is 19.9 Å². The maximum atomic E-state index is 12.1. The third kappa shape index (κ3) is 4.26. The number of aromatic amines is 1. The molecule has 0 atom stereocenters. The van der Waals surface area contributed by atoms with Gasteiger partial charge in [-0.3, -0.25) is 9.89 Å². The Labute approximate surface area is 111 Å². The van der Waals surface area contributed by atoms with Crippen LogP contribution in [0.4, 0.5) is 0 Å². The van der Waals surface area contributed by atoms with Crippen LogP contribution in [0, 0.1) is 0 Å². The van der Waals surface area contributed by atoms with E-state index in [1.807, 2.05) is 0 Å². The van der Waals surface area contributed by atoms with E-state index >= 15 is 0 Å². The SMILES string of the molecule is COC(=O)CCN(C)S(=O)(=O)N(C)Cc1ncn[nH]1. The first-order valence-corrected chi connectivity index (χ1v) is 6.86. The predicted octanol–water partition coefficient (Wildman–Crippen LogP) is -1.02. The number of esters is 1. The van der Waals surface area contributed by atoms with Crippen molar-refractivity contribution in [3.8, 4) is 0 Å². The largest absolute Gasteiger partial charge is 0.469 e. The molecular weight excluding hydrogens is 274 g/mol. The topological polar surface area (TPSA) is 108 Å². The number of carbonyl (C=O) groups is 1. The van der Waals surface area contributed by atoms with E-state index < -0.39 is 16.2 Å². The van der Waals surface area contributed by atoms with Gasteiger partial charge in [0, 0.05) is 20.6 Å². The van der Waals surface area contributed by atoms with Crippen LogP contribution in [-0.2, 0) is 26.3 Å². The predicted molar refractivity (Wildman–Crippen MR) is 66.0 cm³/mol. The molecule has 0 radical (unpaired) electrons. The number of methoxy groups -OCH3 is 1. The summed E-state index contributed by atoms with van der Waals surface area (Å²) in [4.78, 5) is 14.8. The lowest BCUT2D eigenvalue weighted by atomic mass is 10.4. The van der Waals surface area contributed by atoms with Crippen LogP contribution in [0.1, 0.15) is 12.2 Å². The second-order valence-electron chi connectivity index (χ2n) is 3.84. The molecule has 0 unspecified atom stereocenters. The van der Waals surface area contributed by atoms with Gasteiger partial charge in [0.15, 0.2) is 0 Å². The molecule has 0 amide bonds. The second-order valence-corrected chi connectivity index (χ2v) is 5.99. The Morgan fingerprint density at radius 3 is 2.63 bits per heavy atom. The average Bonchev–Trinajstić information content (AvgIpc) is 2.87. The van der Waals surface area contributed by atoms with Crippen LogP contribution in [0.5, 0.6) is 0 Å². The van der Waals surface area contributed by atoms with Crippen molar-refractivity contribution in [3.63, 3.8) is 0 Å². The number of nitrogens with zero attached hydrogens (tertiary/aromatic N) is 4. The van der Waals surface area contributed by atoms with Crippen molar-refractivity contribution in [2.75, 3.05) is 27.7 Å². The molecule has 0 aromatic carbocycles. The Kier molecular flexibility index (Phi) is 5.39. The molecule has 9 nitrogen and oxygen atoms in total. The van der Waals surface area contributed by atoms with Gasteiger partial charge in [-0.2, -0.15) is 22.1 Å².